The second-order valence-electron chi connectivity index (χ2n) is 5.04. The monoisotopic (exact) mass is 300 g/mol. The number of hydrogen-bond donors (Lipinski definition) is 1. The van der Waals surface area contributed by atoms with Gasteiger partial charge < -0.3 is 19.5 Å². The van der Waals surface area contributed by atoms with Crippen molar-refractivity contribution in [1.29, 1.82) is 0 Å². The maximum Gasteiger partial charge on any atom is 0.185 e. The first-order valence-corrected chi connectivity index (χ1v) is 7.98. The van der Waals surface area contributed by atoms with E-state index >= 15 is 0 Å². The van der Waals surface area contributed by atoms with Gasteiger partial charge in [0.2, 0.25) is 0 Å². The van der Waals surface area contributed by atoms with Crippen molar-refractivity contribution in [3.05, 3.63) is 10.6 Å². The summed E-state index contributed by atoms with van der Waals surface area (Å²) in [6, 6.07) is 0. The number of aryl methyl sites for hydroxylation is 1. The Morgan fingerprint density at radius 2 is 2.10 bits per heavy atom. The fraction of sp³-hybridized carbons (Fsp3) is 0.786. The summed E-state index contributed by atoms with van der Waals surface area (Å²) >= 11 is 1.71. The molecule has 1 aliphatic carbocycles. The minimum absolute atomic E-state index is 0.382. The summed E-state index contributed by atoms with van der Waals surface area (Å²) in [6.45, 7) is 3.15. The van der Waals surface area contributed by atoms with Gasteiger partial charge >= 0.3 is 0 Å². The van der Waals surface area contributed by atoms with Crippen molar-refractivity contribution in [2.24, 2.45) is 0 Å². The minimum Gasteiger partial charge on any atom is -0.387 e. The van der Waals surface area contributed by atoms with Crippen molar-refractivity contribution in [3.63, 3.8) is 0 Å². The zero-order chi connectivity index (χ0) is 14.4. The lowest BCUT2D eigenvalue weighted by Gasteiger charge is -2.21. The number of rotatable bonds is 8. The third kappa shape index (κ3) is 3.91. The lowest BCUT2D eigenvalue weighted by molar-refractivity contribution is 0.153. The Morgan fingerprint density at radius 3 is 2.80 bits per heavy atom. The first-order valence-electron chi connectivity index (χ1n) is 7.16. The number of thiazole rings is 1. The van der Waals surface area contributed by atoms with E-state index in [0.29, 0.717) is 6.61 Å². The van der Waals surface area contributed by atoms with Crippen molar-refractivity contribution >= 4 is 16.5 Å². The molecule has 0 amide bonds. The van der Waals surface area contributed by atoms with Crippen LogP contribution in [0, 0.1) is 0 Å². The van der Waals surface area contributed by atoms with E-state index in [1.54, 1.807) is 25.6 Å². The van der Waals surface area contributed by atoms with E-state index < -0.39 is 0 Å². The summed E-state index contributed by atoms with van der Waals surface area (Å²) in [6.07, 6.45) is 3.51. The Morgan fingerprint density at radius 1 is 1.30 bits per heavy atom. The van der Waals surface area contributed by atoms with E-state index in [1.807, 2.05) is 0 Å². The maximum absolute atomic E-state index is 10.0. The van der Waals surface area contributed by atoms with Crippen LogP contribution in [0.4, 0.5) is 5.13 Å². The molecule has 1 unspecified atom stereocenters. The standard InChI is InChI=1S/C14H24N2O3S/c1-18-9-4-7-16(8-10-19-2)14-15-13-11(17)5-3-6-12(13)20-14/h11,17H,3-10H2,1-2H3. The van der Waals surface area contributed by atoms with E-state index in [0.717, 1.165) is 56.2 Å². The van der Waals surface area contributed by atoms with Gasteiger partial charge in [-0.1, -0.05) is 0 Å². The number of fused-ring (bicyclic) bond motifs is 1. The fourth-order valence-electron chi connectivity index (χ4n) is 2.42. The first-order chi connectivity index (χ1) is 9.76. The molecule has 0 fully saturated rings. The third-order valence-corrected chi connectivity index (χ3v) is 4.72. The summed E-state index contributed by atoms with van der Waals surface area (Å²) in [5, 5.41) is 11.0. The predicted octanol–water partition coefficient (Wildman–Crippen LogP) is 2.00. The van der Waals surface area contributed by atoms with E-state index in [1.165, 1.54) is 4.88 Å². The van der Waals surface area contributed by atoms with Crippen LogP contribution >= 0.6 is 11.3 Å². The number of methoxy groups -OCH3 is 2. The zero-order valence-corrected chi connectivity index (χ0v) is 13.1. The lowest BCUT2D eigenvalue weighted by atomic mass is 10.0. The second kappa shape index (κ2) is 7.93. The van der Waals surface area contributed by atoms with E-state index in [-0.39, 0.29) is 6.10 Å². The molecule has 2 rings (SSSR count). The highest BCUT2D eigenvalue weighted by Crippen LogP contribution is 2.36. The van der Waals surface area contributed by atoms with Crippen molar-refractivity contribution in [1.82, 2.24) is 4.98 Å². The Kier molecular flexibility index (Phi) is 6.22. The van der Waals surface area contributed by atoms with Gasteiger partial charge in [-0.2, -0.15) is 0 Å². The molecular weight excluding hydrogens is 276 g/mol. The number of aliphatic hydroxyl groups excluding tert-OH is 1. The van der Waals surface area contributed by atoms with Crippen LogP contribution in [-0.2, 0) is 15.9 Å². The summed E-state index contributed by atoms with van der Waals surface area (Å²) < 4.78 is 10.3. The summed E-state index contributed by atoms with van der Waals surface area (Å²) in [5.41, 5.74) is 0.894. The van der Waals surface area contributed by atoms with Crippen LogP contribution in [0.1, 0.15) is 35.9 Å². The molecule has 0 spiro atoms. The summed E-state index contributed by atoms with van der Waals surface area (Å²) in [7, 11) is 3.43. The maximum atomic E-state index is 10.0. The molecule has 0 radical (unpaired) electrons. The van der Waals surface area contributed by atoms with Crippen LogP contribution in [0.5, 0.6) is 0 Å². The molecule has 0 aliphatic heterocycles. The normalized spacial score (nSPS) is 18.1. The van der Waals surface area contributed by atoms with Crippen LogP contribution in [0.3, 0.4) is 0 Å². The molecule has 0 aromatic carbocycles. The number of nitrogens with zero attached hydrogens (tertiary/aromatic N) is 2. The molecule has 1 atom stereocenters. The van der Waals surface area contributed by atoms with Gasteiger partial charge in [-0.15, -0.1) is 11.3 Å². The van der Waals surface area contributed by atoms with Crippen LogP contribution in [0.15, 0.2) is 0 Å². The molecule has 1 aromatic rings. The lowest BCUT2D eigenvalue weighted by Crippen LogP contribution is -2.29. The van der Waals surface area contributed by atoms with Crippen molar-refractivity contribution in [3.8, 4) is 0 Å². The highest BCUT2D eigenvalue weighted by Gasteiger charge is 2.24. The minimum atomic E-state index is -0.382. The van der Waals surface area contributed by atoms with E-state index in [2.05, 4.69) is 9.88 Å². The van der Waals surface area contributed by atoms with Crippen LogP contribution < -0.4 is 4.90 Å². The fourth-order valence-corrected chi connectivity index (χ4v) is 3.63. The average Bonchev–Trinajstić information content (AvgIpc) is 2.88. The number of aromatic nitrogens is 1. The molecule has 1 aromatic heterocycles. The third-order valence-electron chi connectivity index (χ3n) is 3.53. The second-order valence-corrected chi connectivity index (χ2v) is 6.10. The molecule has 1 aliphatic rings. The van der Waals surface area contributed by atoms with Gasteiger partial charge in [-0.3, -0.25) is 0 Å². The molecule has 1 N–H and O–H groups in total. The van der Waals surface area contributed by atoms with Gasteiger partial charge in [0.15, 0.2) is 5.13 Å². The van der Waals surface area contributed by atoms with E-state index in [9.17, 15) is 5.11 Å². The van der Waals surface area contributed by atoms with Gasteiger partial charge in [0, 0.05) is 38.8 Å². The molecule has 6 heteroatoms. The quantitative estimate of drug-likeness (QED) is 0.744. The van der Waals surface area contributed by atoms with Gasteiger partial charge in [0.05, 0.1) is 18.4 Å². The zero-order valence-electron chi connectivity index (χ0n) is 12.3. The largest absolute Gasteiger partial charge is 0.387 e. The number of hydrogen-bond acceptors (Lipinski definition) is 6. The van der Waals surface area contributed by atoms with Gasteiger partial charge in [-0.25, -0.2) is 4.98 Å². The Hall–Kier alpha value is -0.690. The average molecular weight is 300 g/mol. The van der Waals surface area contributed by atoms with Crippen LogP contribution in [-0.4, -0.2) is 50.6 Å². The number of anilines is 1. The smallest absolute Gasteiger partial charge is 0.185 e. The summed E-state index contributed by atoms with van der Waals surface area (Å²) in [4.78, 5) is 8.14. The molecular formula is C14H24N2O3S. The highest BCUT2D eigenvalue weighted by molar-refractivity contribution is 7.15. The molecule has 5 nitrogen and oxygen atoms in total. The van der Waals surface area contributed by atoms with Gasteiger partial charge in [0.25, 0.3) is 0 Å². The van der Waals surface area contributed by atoms with Crippen LogP contribution in [0.25, 0.3) is 0 Å². The van der Waals surface area contributed by atoms with Gasteiger partial charge in [-0.05, 0) is 25.7 Å². The number of ether oxygens (including phenoxy) is 2. The Bertz CT molecular complexity index is 411. The molecule has 0 bridgehead atoms. The highest BCUT2D eigenvalue weighted by atomic mass is 32.1. The summed E-state index contributed by atoms with van der Waals surface area (Å²) in [5.74, 6) is 0. The molecule has 114 valence electrons. The predicted molar refractivity (Wildman–Crippen MR) is 80.6 cm³/mol. The van der Waals surface area contributed by atoms with Crippen molar-refractivity contribution in [2.45, 2.75) is 31.8 Å². The molecule has 0 saturated carbocycles. The molecule has 1 heterocycles. The number of aliphatic hydroxyl groups is 1. The van der Waals surface area contributed by atoms with Crippen molar-refractivity contribution < 1.29 is 14.6 Å². The molecule has 0 saturated heterocycles. The Labute approximate surface area is 124 Å². The topological polar surface area (TPSA) is 54.8 Å². The Balaban J connectivity index is 2.07. The molecule has 20 heavy (non-hydrogen) atoms. The van der Waals surface area contributed by atoms with Gasteiger partial charge in [0.1, 0.15) is 0 Å². The first kappa shape index (κ1) is 15.7. The SMILES string of the molecule is COCCCN(CCOC)c1nc2c(s1)CCCC2O. The van der Waals surface area contributed by atoms with Crippen LogP contribution in [0.2, 0.25) is 0 Å². The van der Waals surface area contributed by atoms with E-state index in [4.69, 9.17) is 9.47 Å². The van der Waals surface area contributed by atoms with Crippen molar-refractivity contribution in [2.75, 3.05) is 45.4 Å².